The third kappa shape index (κ3) is 2.61. The number of carbonyl (C=O) groups is 1. The summed E-state index contributed by atoms with van der Waals surface area (Å²) in [5.74, 6) is -0.0635. The standard InChI is InChI=1S/C16H20N4O2/c1-11-6-5-7-12(2)20(11)15(21)10-19-16(22)13-8-3-4-9-14(13)17-18-19/h3-4,8-9,11-12H,5-7,10H2,1-2H3/t11-,12-/m1/s1. The molecule has 2 aromatic rings. The highest BCUT2D eigenvalue weighted by molar-refractivity contribution is 5.78. The van der Waals surface area contributed by atoms with Crippen molar-refractivity contribution in [2.75, 3.05) is 0 Å². The van der Waals surface area contributed by atoms with Gasteiger partial charge < -0.3 is 4.90 Å². The number of nitrogens with zero attached hydrogens (tertiary/aromatic N) is 4. The molecule has 1 saturated heterocycles. The van der Waals surface area contributed by atoms with E-state index in [0.717, 1.165) is 19.3 Å². The van der Waals surface area contributed by atoms with Gasteiger partial charge in [0.15, 0.2) is 0 Å². The molecule has 0 aliphatic carbocycles. The summed E-state index contributed by atoms with van der Waals surface area (Å²) in [4.78, 5) is 26.9. The average molecular weight is 300 g/mol. The summed E-state index contributed by atoms with van der Waals surface area (Å²) >= 11 is 0. The molecule has 2 heterocycles. The molecule has 0 bridgehead atoms. The summed E-state index contributed by atoms with van der Waals surface area (Å²) in [5.41, 5.74) is 0.284. The molecular formula is C16H20N4O2. The van der Waals surface area contributed by atoms with Crippen LogP contribution in [-0.2, 0) is 11.3 Å². The average Bonchev–Trinajstić information content (AvgIpc) is 2.50. The van der Waals surface area contributed by atoms with E-state index in [-0.39, 0.29) is 30.1 Å². The lowest BCUT2D eigenvalue weighted by Gasteiger charge is -2.39. The van der Waals surface area contributed by atoms with Crippen LogP contribution in [0, 0.1) is 0 Å². The molecule has 0 spiro atoms. The Morgan fingerprint density at radius 3 is 2.64 bits per heavy atom. The molecule has 1 aliphatic rings. The number of fused-ring (bicyclic) bond motifs is 1. The van der Waals surface area contributed by atoms with Crippen LogP contribution in [0.15, 0.2) is 29.1 Å². The molecule has 1 fully saturated rings. The largest absolute Gasteiger partial charge is 0.336 e. The van der Waals surface area contributed by atoms with E-state index in [9.17, 15) is 9.59 Å². The van der Waals surface area contributed by atoms with Gasteiger partial charge in [-0.1, -0.05) is 17.3 Å². The van der Waals surface area contributed by atoms with Gasteiger partial charge in [-0.05, 0) is 45.2 Å². The van der Waals surface area contributed by atoms with Crippen molar-refractivity contribution in [3.05, 3.63) is 34.6 Å². The molecule has 6 heteroatoms. The normalized spacial score (nSPS) is 22.0. The Hall–Kier alpha value is -2.24. The molecule has 1 aliphatic heterocycles. The van der Waals surface area contributed by atoms with E-state index in [0.29, 0.717) is 10.9 Å². The van der Waals surface area contributed by atoms with Crippen molar-refractivity contribution in [1.82, 2.24) is 19.9 Å². The molecule has 0 unspecified atom stereocenters. The van der Waals surface area contributed by atoms with E-state index < -0.39 is 0 Å². The number of piperidine rings is 1. The van der Waals surface area contributed by atoms with Gasteiger partial charge in [0.05, 0.1) is 5.39 Å². The summed E-state index contributed by atoms with van der Waals surface area (Å²) in [7, 11) is 0. The molecule has 1 aromatic carbocycles. The van der Waals surface area contributed by atoms with Gasteiger partial charge in [0.1, 0.15) is 12.1 Å². The monoisotopic (exact) mass is 300 g/mol. The second-order valence-corrected chi connectivity index (χ2v) is 6.00. The van der Waals surface area contributed by atoms with E-state index in [4.69, 9.17) is 0 Å². The maximum absolute atomic E-state index is 12.6. The lowest BCUT2D eigenvalue weighted by Crippen LogP contribution is -2.49. The van der Waals surface area contributed by atoms with Crippen LogP contribution in [0.1, 0.15) is 33.1 Å². The molecule has 1 amide bonds. The minimum atomic E-state index is -0.267. The second-order valence-electron chi connectivity index (χ2n) is 6.00. The maximum atomic E-state index is 12.6. The predicted molar refractivity (Wildman–Crippen MR) is 83.4 cm³/mol. The minimum absolute atomic E-state index is 0.0503. The number of benzene rings is 1. The van der Waals surface area contributed by atoms with E-state index in [1.807, 2.05) is 11.0 Å². The fraction of sp³-hybridized carbons (Fsp3) is 0.500. The van der Waals surface area contributed by atoms with Crippen molar-refractivity contribution < 1.29 is 4.79 Å². The van der Waals surface area contributed by atoms with Crippen LogP contribution in [0.25, 0.3) is 10.9 Å². The minimum Gasteiger partial charge on any atom is -0.336 e. The molecule has 0 N–H and O–H groups in total. The van der Waals surface area contributed by atoms with Gasteiger partial charge in [-0.25, -0.2) is 4.68 Å². The molecule has 3 rings (SSSR count). The van der Waals surface area contributed by atoms with Gasteiger partial charge in [0.25, 0.3) is 5.56 Å². The third-order valence-corrected chi connectivity index (χ3v) is 4.40. The first kappa shape index (κ1) is 14.7. The Kier molecular flexibility index (Phi) is 3.92. The van der Waals surface area contributed by atoms with Gasteiger partial charge in [-0.15, -0.1) is 5.10 Å². The van der Waals surface area contributed by atoms with Crippen LogP contribution in [0.2, 0.25) is 0 Å². The zero-order valence-electron chi connectivity index (χ0n) is 12.9. The van der Waals surface area contributed by atoms with E-state index in [1.165, 1.54) is 4.68 Å². The fourth-order valence-electron chi connectivity index (χ4n) is 3.25. The molecule has 116 valence electrons. The first-order valence-electron chi connectivity index (χ1n) is 7.71. The van der Waals surface area contributed by atoms with Gasteiger partial charge in [-0.2, -0.15) is 0 Å². The molecule has 0 radical (unpaired) electrons. The topological polar surface area (TPSA) is 68.1 Å². The number of likely N-dealkylation sites (tertiary alicyclic amines) is 1. The van der Waals surface area contributed by atoms with Crippen molar-refractivity contribution in [3.63, 3.8) is 0 Å². The van der Waals surface area contributed by atoms with E-state index in [1.54, 1.807) is 18.2 Å². The predicted octanol–water partition coefficient (Wildman–Crippen LogP) is 1.58. The summed E-state index contributed by atoms with van der Waals surface area (Å²) in [6.45, 7) is 4.07. The maximum Gasteiger partial charge on any atom is 0.278 e. The number of hydrogen-bond acceptors (Lipinski definition) is 4. The summed E-state index contributed by atoms with van der Waals surface area (Å²) in [6.07, 6.45) is 3.16. The van der Waals surface area contributed by atoms with Crippen molar-refractivity contribution in [3.8, 4) is 0 Å². The lowest BCUT2D eigenvalue weighted by molar-refractivity contribution is -0.138. The van der Waals surface area contributed by atoms with Crippen molar-refractivity contribution in [2.24, 2.45) is 0 Å². The van der Waals surface area contributed by atoms with E-state index >= 15 is 0 Å². The number of amides is 1. The Balaban J connectivity index is 1.88. The SMILES string of the molecule is C[C@@H]1CCC[C@@H](C)N1C(=O)Cn1nnc2ccccc2c1=O. The Bertz CT molecular complexity index is 745. The lowest BCUT2D eigenvalue weighted by atomic mass is 9.97. The van der Waals surface area contributed by atoms with Gasteiger partial charge in [0.2, 0.25) is 5.91 Å². The fourth-order valence-corrected chi connectivity index (χ4v) is 3.25. The van der Waals surface area contributed by atoms with Crippen LogP contribution < -0.4 is 5.56 Å². The quantitative estimate of drug-likeness (QED) is 0.844. The molecule has 1 aromatic heterocycles. The second kappa shape index (κ2) is 5.87. The van der Waals surface area contributed by atoms with Crippen molar-refractivity contribution >= 4 is 16.8 Å². The molecular weight excluding hydrogens is 280 g/mol. The van der Waals surface area contributed by atoms with Crippen molar-refractivity contribution in [1.29, 1.82) is 0 Å². The zero-order valence-corrected chi connectivity index (χ0v) is 12.9. The number of carbonyl (C=O) groups excluding carboxylic acids is 1. The van der Waals surface area contributed by atoms with Crippen LogP contribution >= 0.6 is 0 Å². The highest BCUT2D eigenvalue weighted by Gasteiger charge is 2.29. The Morgan fingerprint density at radius 1 is 1.23 bits per heavy atom. The number of aromatic nitrogens is 3. The van der Waals surface area contributed by atoms with Gasteiger partial charge >= 0.3 is 0 Å². The van der Waals surface area contributed by atoms with Crippen molar-refractivity contribution in [2.45, 2.75) is 51.7 Å². The third-order valence-electron chi connectivity index (χ3n) is 4.40. The van der Waals surface area contributed by atoms with Crippen LogP contribution in [-0.4, -0.2) is 37.9 Å². The smallest absolute Gasteiger partial charge is 0.278 e. The molecule has 2 atom stereocenters. The number of rotatable bonds is 2. The van der Waals surface area contributed by atoms with Crippen LogP contribution in [0.3, 0.4) is 0 Å². The number of hydrogen-bond donors (Lipinski definition) is 0. The summed E-state index contributed by atoms with van der Waals surface area (Å²) < 4.78 is 1.17. The Morgan fingerprint density at radius 2 is 1.91 bits per heavy atom. The Labute approximate surface area is 128 Å². The first-order chi connectivity index (χ1) is 10.6. The molecule has 0 saturated carbocycles. The first-order valence-corrected chi connectivity index (χ1v) is 7.71. The summed E-state index contributed by atoms with van der Waals surface area (Å²) in [6, 6.07) is 7.46. The van der Waals surface area contributed by atoms with Gasteiger partial charge in [0, 0.05) is 12.1 Å². The summed E-state index contributed by atoms with van der Waals surface area (Å²) in [5, 5.41) is 8.41. The van der Waals surface area contributed by atoms with E-state index in [2.05, 4.69) is 24.2 Å². The van der Waals surface area contributed by atoms with Crippen LogP contribution in [0.4, 0.5) is 0 Å². The molecule has 6 nitrogen and oxygen atoms in total. The highest BCUT2D eigenvalue weighted by Crippen LogP contribution is 2.22. The van der Waals surface area contributed by atoms with Crippen LogP contribution in [0.5, 0.6) is 0 Å². The zero-order chi connectivity index (χ0) is 15.7. The van der Waals surface area contributed by atoms with Gasteiger partial charge in [-0.3, -0.25) is 9.59 Å². The molecule has 22 heavy (non-hydrogen) atoms. The highest BCUT2D eigenvalue weighted by atomic mass is 16.2.